The quantitative estimate of drug-likeness (QED) is 0.753. The molecule has 0 atom stereocenters. The van der Waals surface area contributed by atoms with Gasteiger partial charge in [0.05, 0.1) is 6.26 Å². The van der Waals surface area contributed by atoms with Crippen molar-refractivity contribution in [3.63, 3.8) is 0 Å². The molecule has 4 nitrogen and oxygen atoms in total. The first-order valence-electron chi connectivity index (χ1n) is 4.03. The Balaban J connectivity index is 2.36. The van der Waals surface area contributed by atoms with Crippen molar-refractivity contribution in [1.82, 2.24) is 9.29 Å². The highest BCUT2D eigenvalue weighted by Gasteiger charge is 2.00. The van der Waals surface area contributed by atoms with Crippen LogP contribution in [0.2, 0.25) is 0 Å². The van der Waals surface area contributed by atoms with E-state index in [4.69, 9.17) is 0 Å². The molecule has 0 fully saturated rings. The molecule has 0 aliphatic rings. The molecule has 0 aromatic carbocycles. The molecular formula is C8H14N2O2S. The fraction of sp³-hybridized carbons (Fsp3) is 0.500. The van der Waals surface area contributed by atoms with Crippen molar-refractivity contribution in [3.05, 3.63) is 24.0 Å². The lowest BCUT2D eigenvalue weighted by Crippen LogP contribution is -2.24. The zero-order chi connectivity index (χ0) is 9.90. The number of aromatic nitrogens is 1. The molecule has 1 heterocycles. The standard InChI is InChI=1S/C8H14N2O2S/c1-10-6-4-8(7-10)3-5-9-13(2,11)12/h4,6-7,9H,3,5H2,1-2H3. The first-order valence-corrected chi connectivity index (χ1v) is 5.92. The van der Waals surface area contributed by atoms with E-state index in [1.165, 1.54) is 0 Å². The Kier molecular flexibility index (Phi) is 3.11. The third-order valence-electron chi connectivity index (χ3n) is 1.67. The van der Waals surface area contributed by atoms with E-state index in [0.717, 1.165) is 18.2 Å². The van der Waals surface area contributed by atoms with E-state index in [1.807, 2.05) is 30.1 Å². The number of rotatable bonds is 4. The molecule has 1 aromatic rings. The third kappa shape index (κ3) is 4.10. The third-order valence-corrected chi connectivity index (χ3v) is 2.40. The van der Waals surface area contributed by atoms with Gasteiger partial charge in [-0.15, -0.1) is 0 Å². The number of hydrogen-bond donors (Lipinski definition) is 1. The van der Waals surface area contributed by atoms with Gasteiger partial charge in [-0.2, -0.15) is 0 Å². The Morgan fingerprint density at radius 2 is 2.23 bits per heavy atom. The van der Waals surface area contributed by atoms with E-state index < -0.39 is 10.0 Å². The van der Waals surface area contributed by atoms with Crippen LogP contribution in [0.3, 0.4) is 0 Å². The van der Waals surface area contributed by atoms with E-state index in [0.29, 0.717) is 6.54 Å². The van der Waals surface area contributed by atoms with Gasteiger partial charge in [-0.1, -0.05) is 0 Å². The van der Waals surface area contributed by atoms with Crippen LogP contribution in [0.1, 0.15) is 5.56 Å². The molecule has 13 heavy (non-hydrogen) atoms. The lowest BCUT2D eigenvalue weighted by Gasteiger charge is -1.99. The maximum Gasteiger partial charge on any atom is 0.208 e. The fourth-order valence-electron chi connectivity index (χ4n) is 1.09. The van der Waals surface area contributed by atoms with E-state index in [1.54, 1.807) is 0 Å². The molecule has 0 amide bonds. The smallest absolute Gasteiger partial charge is 0.208 e. The molecule has 5 heteroatoms. The van der Waals surface area contributed by atoms with Gasteiger partial charge in [0, 0.05) is 26.0 Å². The van der Waals surface area contributed by atoms with Crippen LogP contribution in [0.25, 0.3) is 0 Å². The summed E-state index contributed by atoms with van der Waals surface area (Å²) in [5, 5.41) is 0. The Morgan fingerprint density at radius 1 is 1.54 bits per heavy atom. The van der Waals surface area contributed by atoms with E-state index in [-0.39, 0.29) is 0 Å². The van der Waals surface area contributed by atoms with Crippen LogP contribution < -0.4 is 4.72 Å². The van der Waals surface area contributed by atoms with Gasteiger partial charge >= 0.3 is 0 Å². The average molecular weight is 202 g/mol. The second kappa shape index (κ2) is 3.93. The molecule has 1 rings (SSSR count). The van der Waals surface area contributed by atoms with Crippen molar-refractivity contribution in [1.29, 1.82) is 0 Å². The first kappa shape index (κ1) is 10.3. The molecule has 0 aliphatic heterocycles. The SMILES string of the molecule is Cn1ccc(CCNS(C)(=O)=O)c1. The maximum absolute atomic E-state index is 10.7. The van der Waals surface area contributed by atoms with Crippen molar-refractivity contribution in [2.45, 2.75) is 6.42 Å². The van der Waals surface area contributed by atoms with E-state index in [2.05, 4.69) is 4.72 Å². The Bertz CT molecular complexity index is 367. The summed E-state index contributed by atoms with van der Waals surface area (Å²) in [7, 11) is -1.11. The monoisotopic (exact) mass is 202 g/mol. The van der Waals surface area contributed by atoms with E-state index >= 15 is 0 Å². The topological polar surface area (TPSA) is 51.1 Å². The predicted octanol–water partition coefficient (Wildman–Crippen LogP) is 0.117. The molecule has 0 unspecified atom stereocenters. The summed E-state index contributed by atoms with van der Waals surface area (Å²) in [6.07, 6.45) is 5.81. The summed E-state index contributed by atoms with van der Waals surface area (Å²) in [6.45, 7) is 0.461. The normalized spacial score (nSPS) is 11.8. The molecule has 0 aliphatic carbocycles. The average Bonchev–Trinajstić information content (AvgIpc) is 2.33. The number of sulfonamides is 1. The summed E-state index contributed by atoms with van der Waals surface area (Å²) in [5.74, 6) is 0. The van der Waals surface area contributed by atoms with Gasteiger partial charge < -0.3 is 4.57 Å². The van der Waals surface area contributed by atoms with Gasteiger partial charge in [-0.3, -0.25) is 0 Å². The van der Waals surface area contributed by atoms with Gasteiger partial charge in [-0.05, 0) is 18.1 Å². The highest BCUT2D eigenvalue weighted by atomic mass is 32.2. The molecule has 1 aromatic heterocycles. The Hall–Kier alpha value is -0.810. The van der Waals surface area contributed by atoms with Crippen LogP contribution in [0.4, 0.5) is 0 Å². The minimum Gasteiger partial charge on any atom is -0.357 e. The molecular weight excluding hydrogens is 188 g/mol. The summed E-state index contributed by atoms with van der Waals surface area (Å²) < 4.78 is 25.8. The molecule has 0 bridgehead atoms. The van der Waals surface area contributed by atoms with Crippen molar-refractivity contribution in [2.24, 2.45) is 7.05 Å². The summed E-state index contributed by atoms with van der Waals surface area (Å²) in [4.78, 5) is 0. The highest BCUT2D eigenvalue weighted by molar-refractivity contribution is 7.88. The predicted molar refractivity (Wildman–Crippen MR) is 52.0 cm³/mol. The first-order chi connectivity index (χ1) is 5.97. The van der Waals surface area contributed by atoms with Gasteiger partial charge in [-0.25, -0.2) is 13.1 Å². The molecule has 0 spiro atoms. The lowest BCUT2D eigenvalue weighted by molar-refractivity contribution is 0.588. The van der Waals surface area contributed by atoms with Gasteiger partial charge in [0.15, 0.2) is 0 Å². The zero-order valence-corrected chi connectivity index (χ0v) is 8.63. The molecule has 0 saturated heterocycles. The molecule has 0 saturated carbocycles. The Morgan fingerprint density at radius 3 is 2.69 bits per heavy atom. The molecule has 0 radical (unpaired) electrons. The van der Waals surface area contributed by atoms with E-state index in [9.17, 15) is 8.42 Å². The number of nitrogens with one attached hydrogen (secondary N) is 1. The fourth-order valence-corrected chi connectivity index (χ4v) is 1.56. The van der Waals surface area contributed by atoms with Gasteiger partial charge in [0.1, 0.15) is 0 Å². The van der Waals surface area contributed by atoms with Gasteiger partial charge in [0.25, 0.3) is 0 Å². The van der Waals surface area contributed by atoms with Crippen molar-refractivity contribution in [2.75, 3.05) is 12.8 Å². The molecule has 1 N–H and O–H groups in total. The second-order valence-corrected chi connectivity index (χ2v) is 4.93. The lowest BCUT2D eigenvalue weighted by atomic mass is 10.2. The van der Waals surface area contributed by atoms with Crippen LogP contribution in [-0.2, 0) is 23.5 Å². The van der Waals surface area contributed by atoms with Crippen LogP contribution in [0.5, 0.6) is 0 Å². The van der Waals surface area contributed by atoms with Crippen molar-refractivity contribution < 1.29 is 8.42 Å². The van der Waals surface area contributed by atoms with Crippen LogP contribution in [0, 0.1) is 0 Å². The minimum absolute atomic E-state index is 0.461. The number of aryl methyl sites for hydroxylation is 1. The second-order valence-electron chi connectivity index (χ2n) is 3.10. The van der Waals surface area contributed by atoms with Gasteiger partial charge in [0.2, 0.25) is 10.0 Å². The van der Waals surface area contributed by atoms with Crippen molar-refractivity contribution >= 4 is 10.0 Å². The summed E-state index contributed by atoms with van der Waals surface area (Å²) in [5.41, 5.74) is 1.14. The number of hydrogen-bond acceptors (Lipinski definition) is 2. The summed E-state index contributed by atoms with van der Waals surface area (Å²) in [6, 6.07) is 1.98. The molecule has 74 valence electrons. The maximum atomic E-state index is 10.7. The summed E-state index contributed by atoms with van der Waals surface area (Å²) >= 11 is 0. The van der Waals surface area contributed by atoms with Crippen LogP contribution in [-0.4, -0.2) is 25.8 Å². The van der Waals surface area contributed by atoms with Crippen LogP contribution >= 0.6 is 0 Å². The largest absolute Gasteiger partial charge is 0.357 e. The van der Waals surface area contributed by atoms with Crippen LogP contribution in [0.15, 0.2) is 18.5 Å². The zero-order valence-electron chi connectivity index (χ0n) is 7.82. The minimum atomic E-state index is -3.04. The van der Waals surface area contributed by atoms with Crippen molar-refractivity contribution in [3.8, 4) is 0 Å². The number of nitrogens with zero attached hydrogens (tertiary/aromatic N) is 1. The highest BCUT2D eigenvalue weighted by Crippen LogP contribution is 1.99. The Labute approximate surface area is 78.6 Å².